The van der Waals surface area contributed by atoms with Gasteiger partial charge in [0.1, 0.15) is 29.3 Å². The summed E-state index contributed by atoms with van der Waals surface area (Å²) in [7, 11) is 0. The van der Waals surface area contributed by atoms with Crippen LogP contribution in [0.3, 0.4) is 0 Å². The van der Waals surface area contributed by atoms with Crippen molar-refractivity contribution in [1.82, 2.24) is 39.3 Å². The molecule has 4 heterocycles. The highest BCUT2D eigenvalue weighted by Crippen LogP contribution is 2.29. The molecule has 3 aromatic heterocycles. The van der Waals surface area contributed by atoms with Gasteiger partial charge in [-0.15, -0.1) is 0 Å². The number of nitrogens with zero attached hydrogens (tertiary/aromatic N) is 8. The first-order chi connectivity index (χ1) is 17.4. The molecule has 9 nitrogen and oxygen atoms in total. The first-order valence-corrected chi connectivity index (χ1v) is 12.4. The van der Waals surface area contributed by atoms with Crippen LogP contribution in [-0.4, -0.2) is 72.0 Å². The van der Waals surface area contributed by atoms with Crippen LogP contribution in [0.4, 0.5) is 15.9 Å². The Hall–Kier alpha value is -3.50. The molecule has 1 saturated heterocycles. The minimum absolute atomic E-state index is 0.163. The molecule has 1 fully saturated rings. The molecule has 5 rings (SSSR count). The van der Waals surface area contributed by atoms with E-state index in [1.165, 1.54) is 12.4 Å². The molecule has 10 heteroatoms. The summed E-state index contributed by atoms with van der Waals surface area (Å²) in [6, 6.07) is 5.37. The van der Waals surface area contributed by atoms with E-state index in [1.807, 2.05) is 17.6 Å². The second kappa shape index (κ2) is 10.2. The number of benzene rings is 1. The Morgan fingerprint density at radius 2 is 1.69 bits per heavy atom. The van der Waals surface area contributed by atoms with Gasteiger partial charge in [-0.25, -0.2) is 29.3 Å². The summed E-state index contributed by atoms with van der Waals surface area (Å²) < 4.78 is 17.0. The summed E-state index contributed by atoms with van der Waals surface area (Å²) in [6.07, 6.45) is 5.00. The molecular formula is C26H32FN9. The fraction of sp³-hybridized carbons (Fsp3) is 0.423. The van der Waals surface area contributed by atoms with Crippen LogP contribution < -0.4 is 5.32 Å². The summed E-state index contributed by atoms with van der Waals surface area (Å²) >= 11 is 0. The number of aromatic nitrogens is 6. The Labute approximate surface area is 210 Å². The summed E-state index contributed by atoms with van der Waals surface area (Å²) in [6.45, 7) is 14.3. The zero-order valence-corrected chi connectivity index (χ0v) is 21.2. The predicted octanol–water partition coefficient (Wildman–Crippen LogP) is 4.19. The highest BCUT2D eigenvalue weighted by Gasteiger charge is 2.18. The highest BCUT2D eigenvalue weighted by atomic mass is 19.1. The number of likely N-dealkylation sites (N-methyl/N-ethyl adjacent to an activating group) is 1. The fourth-order valence-corrected chi connectivity index (χ4v) is 4.76. The smallest absolute Gasteiger partial charge is 0.151 e. The molecule has 36 heavy (non-hydrogen) atoms. The van der Waals surface area contributed by atoms with E-state index in [9.17, 15) is 4.39 Å². The summed E-state index contributed by atoms with van der Waals surface area (Å²) in [4.78, 5) is 27.0. The Morgan fingerprint density at radius 3 is 2.39 bits per heavy atom. The van der Waals surface area contributed by atoms with E-state index in [2.05, 4.69) is 60.8 Å². The van der Waals surface area contributed by atoms with Crippen molar-refractivity contribution in [2.75, 3.05) is 38.0 Å². The summed E-state index contributed by atoms with van der Waals surface area (Å²) in [5.41, 5.74) is 3.15. The number of anilines is 2. The average molecular weight is 490 g/mol. The third-order valence-corrected chi connectivity index (χ3v) is 6.66. The van der Waals surface area contributed by atoms with Crippen molar-refractivity contribution in [3.63, 3.8) is 0 Å². The van der Waals surface area contributed by atoms with Crippen LogP contribution in [0.5, 0.6) is 0 Å². The van der Waals surface area contributed by atoms with Crippen LogP contribution in [0.1, 0.15) is 38.5 Å². The summed E-state index contributed by atoms with van der Waals surface area (Å²) in [5.74, 6) is 1.81. The number of rotatable bonds is 7. The lowest BCUT2D eigenvalue weighted by molar-refractivity contribution is 0.129. The monoisotopic (exact) mass is 489 g/mol. The lowest BCUT2D eigenvalue weighted by Gasteiger charge is -2.33. The zero-order valence-electron chi connectivity index (χ0n) is 21.2. The van der Waals surface area contributed by atoms with Gasteiger partial charge in [0, 0.05) is 43.9 Å². The molecule has 0 bridgehead atoms. The summed E-state index contributed by atoms with van der Waals surface area (Å²) in [5, 5.41) is 3.24. The van der Waals surface area contributed by atoms with E-state index in [-0.39, 0.29) is 11.9 Å². The molecule has 1 aliphatic heterocycles. The molecule has 1 N–H and O–H groups in total. The molecule has 0 aliphatic carbocycles. The highest BCUT2D eigenvalue weighted by molar-refractivity contribution is 5.83. The second-order valence-corrected chi connectivity index (χ2v) is 9.46. The van der Waals surface area contributed by atoms with Gasteiger partial charge in [-0.1, -0.05) is 6.92 Å². The Balaban J connectivity index is 1.31. The van der Waals surface area contributed by atoms with Crippen LogP contribution in [0.2, 0.25) is 0 Å². The van der Waals surface area contributed by atoms with E-state index < -0.39 is 0 Å². The first-order valence-electron chi connectivity index (χ1n) is 12.4. The lowest BCUT2D eigenvalue weighted by Crippen LogP contribution is -2.45. The van der Waals surface area contributed by atoms with E-state index in [0.29, 0.717) is 22.6 Å². The molecule has 0 radical (unpaired) electrons. The number of halogens is 1. The number of fused-ring (bicyclic) bond motifs is 1. The fourth-order valence-electron chi connectivity index (χ4n) is 4.76. The predicted molar refractivity (Wildman–Crippen MR) is 139 cm³/mol. The van der Waals surface area contributed by atoms with Crippen LogP contribution >= 0.6 is 0 Å². The molecular weight excluding hydrogens is 457 g/mol. The largest absolute Gasteiger partial charge is 0.338 e. The van der Waals surface area contributed by atoms with Crippen LogP contribution in [-0.2, 0) is 6.54 Å². The van der Waals surface area contributed by atoms with Crippen molar-refractivity contribution in [3.05, 3.63) is 54.4 Å². The number of piperazine rings is 1. The molecule has 0 amide bonds. The van der Waals surface area contributed by atoms with Crippen molar-refractivity contribution < 1.29 is 4.39 Å². The second-order valence-electron chi connectivity index (χ2n) is 9.46. The Kier molecular flexibility index (Phi) is 6.88. The molecule has 0 saturated carbocycles. The van der Waals surface area contributed by atoms with Gasteiger partial charge in [0.2, 0.25) is 0 Å². The Bertz CT molecular complexity index is 1340. The van der Waals surface area contributed by atoms with Gasteiger partial charge < -0.3 is 14.8 Å². The van der Waals surface area contributed by atoms with Gasteiger partial charge in [0.05, 0.1) is 35.8 Å². The minimum atomic E-state index is -0.363. The number of imidazole rings is 1. The van der Waals surface area contributed by atoms with Crippen LogP contribution in [0.25, 0.3) is 22.3 Å². The number of nitrogens with one attached hydrogen (secondary N) is 1. The van der Waals surface area contributed by atoms with Crippen molar-refractivity contribution in [2.24, 2.45) is 0 Å². The average Bonchev–Trinajstić information content (AvgIpc) is 3.22. The third-order valence-electron chi connectivity index (χ3n) is 6.66. The molecule has 0 atom stereocenters. The molecule has 188 valence electrons. The molecule has 0 unspecified atom stereocenters. The number of hydrogen-bond donors (Lipinski definition) is 1. The van der Waals surface area contributed by atoms with Crippen LogP contribution in [0.15, 0.2) is 36.9 Å². The van der Waals surface area contributed by atoms with Gasteiger partial charge >= 0.3 is 0 Å². The SMILES string of the molecule is CCN1CCN(Cc2ncc(Nc3cc(-c4cc(F)c5nc(C)n(C(C)C)c5c4)ncn3)cn2)CC1. The van der Waals surface area contributed by atoms with E-state index in [4.69, 9.17) is 0 Å². The van der Waals surface area contributed by atoms with Crippen molar-refractivity contribution in [2.45, 2.75) is 40.3 Å². The van der Waals surface area contributed by atoms with Crippen molar-refractivity contribution >= 4 is 22.5 Å². The molecule has 1 aromatic carbocycles. The van der Waals surface area contributed by atoms with Crippen molar-refractivity contribution in [1.29, 1.82) is 0 Å². The lowest BCUT2D eigenvalue weighted by atomic mass is 10.1. The maximum Gasteiger partial charge on any atom is 0.151 e. The van der Waals surface area contributed by atoms with Gasteiger partial charge in [-0.05, 0) is 39.4 Å². The maximum absolute atomic E-state index is 14.9. The normalized spacial score (nSPS) is 15.2. The van der Waals surface area contributed by atoms with E-state index in [0.717, 1.165) is 62.1 Å². The minimum Gasteiger partial charge on any atom is -0.338 e. The topological polar surface area (TPSA) is 87.9 Å². The quantitative estimate of drug-likeness (QED) is 0.413. The molecule has 4 aromatic rings. The van der Waals surface area contributed by atoms with Gasteiger partial charge in [-0.2, -0.15) is 0 Å². The van der Waals surface area contributed by atoms with Gasteiger partial charge in [0.15, 0.2) is 5.82 Å². The first kappa shape index (κ1) is 24.2. The van der Waals surface area contributed by atoms with E-state index >= 15 is 0 Å². The number of aryl methyl sites for hydroxylation is 1. The molecule has 0 spiro atoms. The molecule has 1 aliphatic rings. The number of hydrogen-bond acceptors (Lipinski definition) is 8. The van der Waals surface area contributed by atoms with Crippen molar-refractivity contribution in [3.8, 4) is 11.3 Å². The standard InChI is InChI=1S/C26H32FN9/c1-5-34-6-8-35(9-7-34)15-25-28-13-20(14-29-25)33-24-12-22(30-16-31-24)19-10-21(27)26-23(11-19)36(17(2)3)18(4)32-26/h10-14,16-17H,5-9,15H2,1-4H3,(H,30,31,33). The Morgan fingerprint density at radius 1 is 0.972 bits per heavy atom. The maximum atomic E-state index is 14.9. The van der Waals surface area contributed by atoms with Crippen LogP contribution in [0, 0.1) is 12.7 Å². The van der Waals surface area contributed by atoms with Gasteiger partial charge in [-0.3, -0.25) is 4.90 Å². The van der Waals surface area contributed by atoms with E-state index in [1.54, 1.807) is 18.5 Å². The third kappa shape index (κ3) is 5.05. The zero-order chi connectivity index (χ0) is 25.2. The van der Waals surface area contributed by atoms with Gasteiger partial charge in [0.25, 0.3) is 0 Å².